The van der Waals surface area contributed by atoms with Crippen molar-refractivity contribution >= 4 is 11.6 Å². The van der Waals surface area contributed by atoms with E-state index in [0.29, 0.717) is 19.6 Å². The van der Waals surface area contributed by atoms with E-state index in [4.69, 9.17) is 14.1 Å². The molecule has 0 saturated heterocycles. The van der Waals surface area contributed by atoms with Crippen LogP contribution < -0.4 is 4.90 Å². The molecule has 1 aromatic carbocycles. The minimum Gasteiger partial charge on any atom is -0.468 e. The minimum absolute atomic E-state index is 0.0745. The molecule has 2 heterocycles. The van der Waals surface area contributed by atoms with Gasteiger partial charge in [0.15, 0.2) is 0 Å². The van der Waals surface area contributed by atoms with E-state index in [1.807, 2.05) is 59.5 Å². The summed E-state index contributed by atoms with van der Waals surface area (Å²) in [6.45, 7) is 1.51. The topological polar surface area (TPSA) is 73.6 Å². The second-order valence-corrected chi connectivity index (χ2v) is 6.09. The molecule has 0 unspecified atom stereocenters. The van der Waals surface area contributed by atoms with E-state index in [9.17, 15) is 4.79 Å². The van der Waals surface area contributed by atoms with Gasteiger partial charge in [-0.25, -0.2) is 0 Å². The molecule has 0 aliphatic heterocycles. The summed E-state index contributed by atoms with van der Waals surface area (Å²) in [6.07, 6.45) is 3.51. The van der Waals surface area contributed by atoms with Crippen molar-refractivity contribution in [3.63, 3.8) is 0 Å². The van der Waals surface area contributed by atoms with E-state index in [-0.39, 0.29) is 18.9 Å². The minimum atomic E-state index is -0.0745. The molecule has 0 saturated carbocycles. The molecule has 0 radical (unpaired) electrons. The zero-order valence-electron chi connectivity index (χ0n) is 15.0. The lowest BCUT2D eigenvalue weighted by Gasteiger charge is -2.26. The number of nitriles is 1. The highest BCUT2D eigenvalue weighted by molar-refractivity contribution is 5.94. The van der Waals surface area contributed by atoms with Crippen molar-refractivity contribution < 1.29 is 13.6 Å². The van der Waals surface area contributed by atoms with Gasteiger partial charge in [0.2, 0.25) is 5.91 Å². The van der Waals surface area contributed by atoms with Crippen LogP contribution in [0.3, 0.4) is 0 Å². The first-order valence-corrected chi connectivity index (χ1v) is 8.76. The van der Waals surface area contributed by atoms with Gasteiger partial charge in [-0.05, 0) is 36.4 Å². The molecule has 0 N–H and O–H groups in total. The molecule has 138 valence electrons. The summed E-state index contributed by atoms with van der Waals surface area (Å²) >= 11 is 0. The molecule has 1 amide bonds. The van der Waals surface area contributed by atoms with Crippen molar-refractivity contribution in [3.8, 4) is 6.07 Å². The van der Waals surface area contributed by atoms with Crippen LogP contribution in [0.2, 0.25) is 0 Å². The highest BCUT2D eigenvalue weighted by Crippen LogP contribution is 2.16. The summed E-state index contributed by atoms with van der Waals surface area (Å²) in [5, 5.41) is 8.94. The van der Waals surface area contributed by atoms with Gasteiger partial charge in [-0.2, -0.15) is 5.26 Å². The van der Waals surface area contributed by atoms with E-state index < -0.39 is 0 Å². The molecule has 2 aromatic heterocycles. The second-order valence-electron chi connectivity index (χ2n) is 6.09. The van der Waals surface area contributed by atoms with Gasteiger partial charge in [-0.1, -0.05) is 18.2 Å². The summed E-state index contributed by atoms with van der Waals surface area (Å²) in [6, 6.07) is 18.9. The van der Waals surface area contributed by atoms with Crippen LogP contribution in [0, 0.1) is 11.3 Å². The lowest BCUT2D eigenvalue weighted by molar-refractivity contribution is -0.120. The Labute approximate surface area is 158 Å². The van der Waals surface area contributed by atoms with E-state index >= 15 is 0 Å². The third-order valence-electron chi connectivity index (χ3n) is 4.09. The molecule has 0 aliphatic carbocycles. The highest BCUT2D eigenvalue weighted by atomic mass is 16.3. The average molecular weight is 363 g/mol. The van der Waals surface area contributed by atoms with Crippen molar-refractivity contribution in [1.29, 1.82) is 5.26 Å². The van der Waals surface area contributed by atoms with Gasteiger partial charge < -0.3 is 13.7 Å². The molecule has 0 spiro atoms. The monoisotopic (exact) mass is 363 g/mol. The van der Waals surface area contributed by atoms with Crippen molar-refractivity contribution in [2.75, 3.05) is 18.0 Å². The fourth-order valence-corrected chi connectivity index (χ4v) is 2.86. The lowest BCUT2D eigenvalue weighted by Crippen LogP contribution is -2.40. The van der Waals surface area contributed by atoms with Crippen LogP contribution >= 0.6 is 0 Å². The summed E-state index contributed by atoms with van der Waals surface area (Å²) in [5.41, 5.74) is 0.786. The smallest absolute Gasteiger partial charge is 0.241 e. The van der Waals surface area contributed by atoms with E-state index in [1.165, 1.54) is 0 Å². The number of anilines is 1. The maximum absolute atomic E-state index is 13.0. The Kier molecular flexibility index (Phi) is 6.45. The fourth-order valence-electron chi connectivity index (χ4n) is 2.86. The maximum atomic E-state index is 13.0. The predicted molar refractivity (Wildman–Crippen MR) is 101 cm³/mol. The molecule has 27 heavy (non-hydrogen) atoms. The van der Waals surface area contributed by atoms with Crippen LogP contribution in [0.1, 0.15) is 17.9 Å². The molecule has 6 heteroatoms. The molecule has 6 nitrogen and oxygen atoms in total. The van der Waals surface area contributed by atoms with Gasteiger partial charge in [0.05, 0.1) is 44.7 Å². The van der Waals surface area contributed by atoms with Crippen molar-refractivity contribution in [1.82, 2.24) is 4.90 Å². The molecule has 0 bridgehead atoms. The normalized spacial score (nSPS) is 10.7. The zero-order valence-corrected chi connectivity index (χ0v) is 15.0. The van der Waals surface area contributed by atoms with Crippen LogP contribution in [0.15, 0.2) is 76.0 Å². The zero-order chi connectivity index (χ0) is 18.9. The Morgan fingerprint density at radius 3 is 2.07 bits per heavy atom. The summed E-state index contributed by atoms with van der Waals surface area (Å²) in [4.78, 5) is 16.6. The number of carbonyl (C=O) groups excluding carboxylic acids is 1. The van der Waals surface area contributed by atoms with Gasteiger partial charge in [0.1, 0.15) is 11.5 Å². The molecular formula is C21H21N3O3. The third kappa shape index (κ3) is 5.33. The number of furan rings is 2. The summed E-state index contributed by atoms with van der Waals surface area (Å²) in [5.74, 6) is 1.48. The Balaban J connectivity index is 1.75. The van der Waals surface area contributed by atoms with Gasteiger partial charge >= 0.3 is 0 Å². The molecule has 3 rings (SSSR count). The highest BCUT2D eigenvalue weighted by Gasteiger charge is 2.20. The maximum Gasteiger partial charge on any atom is 0.241 e. The van der Waals surface area contributed by atoms with Crippen molar-refractivity contribution in [2.45, 2.75) is 19.5 Å². The molecular weight excluding hydrogens is 342 g/mol. The van der Waals surface area contributed by atoms with E-state index in [0.717, 1.165) is 17.2 Å². The lowest BCUT2D eigenvalue weighted by atomic mass is 10.2. The average Bonchev–Trinajstić information content (AvgIpc) is 3.37. The molecule has 0 atom stereocenters. The standard InChI is InChI=1S/C21H21N3O3/c22-11-6-12-24(18-7-2-1-3-8-18)21(25)17-23(15-19-9-4-13-26-19)16-20-10-5-14-27-20/h1-5,7-10,13-14H,6,12,15-17H2. The number of hydrogen-bond acceptors (Lipinski definition) is 5. The van der Waals surface area contributed by atoms with Gasteiger partial charge in [0.25, 0.3) is 0 Å². The largest absolute Gasteiger partial charge is 0.468 e. The first-order valence-electron chi connectivity index (χ1n) is 8.76. The first kappa shape index (κ1) is 18.5. The number of hydrogen-bond donors (Lipinski definition) is 0. The number of nitrogens with zero attached hydrogens (tertiary/aromatic N) is 3. The third-order valence-corrected chi connectivity index (χ3v) is 4.09. The summed E-state index contributed by atoms with van der Waals surface area (Å²) in [7, 11) is 0. The number of amides is 1. The van der Waals surface area contributed by atoms with Crippen molar-refractivity contribution in [2.24, 2.45) is 0 Å². The van der Waals surface area contributed by atoms with Gasteiger partial charge in [0, 0.05) is 12.2 Å². The number of para-hydroxylation sites is 1. The van der Waals surface area contributed by atoms with Gasteiger partial charge in [-0.3, -0.25) is 9.69 Å². The predicted octanol–water partition coefficient (Wildman–Crippen LogP) is 3.82. The Hall–Kier alpha value is -3.30. The van der Waals surface area contributed by atoms with E-state index in [1.54, 1.807) is 17.4 Å². The molecule has 0 aliphatic rings. The quantitative estimate of drug-likeness (QED) is 0.578. The van der Waals surface area contributed by atoms with Crippen LogP contribution in [0.25, 0.3) is 0 Å². The van der Waals surface area contributed by atoms with Gasteiger partial charge in [-0.15, -0.1) is 0 Å². The summed E-state index contributed by atoms with van der Waals surface area (Å²) < 4.78 is 10.9. The van der Waals surface area contributed by atoms with Crippen LogP contribution in [0.4, 0.5) is 5.69 Å². The molecule has 3 aromatic rings. The number of rotatable bonds is 9. The van der Waals surface area contributed by atoms with Crippen LogP contribution in [0.5, 0.6) is 0 Å². The Bertz CT molecular complexity index is 816. The van der Waals surface area contributed by atoms with E-state index in [2.05, 4.69) is 6.07 Å². The number of benzene rings is 1. The Morgan fingerprint density at radius 1 is 0.926 bits per heavy atom. The molecule has 0 fully saturated rings. The number of carbonyl (C=O) groups is 1. The van der Waals surface area contributed by atoms with Crippen LogP contribution in [-0.4, -0.2) is 23.9 Å². The van der Waals surface area contributed by atoms with Crippen molar-refractivity contribution in [3.05, 3.63) is 78.6 Å². The fraction of sp³-hybridized carbons (Fsp3) is 0.238. The SMILES string of the molecule is N#CCCN(C(=O)CN(Cc1ccco1)Cc1ccco1)c1ccccc1. The van der Waals surface area contributed by atoms with Crippen LogP contribution in [-0.2, 0) is 17.9 Å². The Morgan fingerprint density at radius 2 is 1.56 bits per heavy atom. The first-order chi connectivity index (χ1) is 13.3. The second kappa shape index (κ2) is 9.41.